The van der Waals surface area contributed by atoms with Gasteiger partial charge >= 0.3 is 0 Å². The number of nitrogens with zero attached hydrogens (tertiary/aromatic N) is 4. The quantitative estimate of drug-likeness (QED) is 0.868. The first kappa shape index (κ1) is 15.1. The highest BCUT2D eigenvalue weighted by Gasteiger charge is 2.33. The second kappa shape index (κ2) is 6.12. The number of aryl methyl sites for hydroxylation is 1. The fraction of sp³-hybridized carbons (Fsp3) is 0.500. The van der Waals surface area contributed by atoms with Crippen molar-refractivity contribution < 1.29 is 13.6 Å². The molecule has 1 amide bonds. The maximum absolute atomic E-state index is 12.7. The second-order valence-electron chi connectivity index (χ2n) is 5.24. The normalized spacial score (nSPS) is 18.4. The minimum Gasteiger partial charge on any atom is -0.329 e. The number of aromatic nitrogens is 3. The van der Waals surface area contributed by atoms with Gasteiger partial charge in [-0.15, -0.1) is 11.3 Å². The van der Waals surface area contributed by atoms with Gasteiger partial charge in [0.25, 0.3) is 12.3 Å². The van der Waals surface area contributed by atoms with Crippen molar-refractivity contribution in [1.82, 2.24) is 19.7 Å². The smallest absolute Gasteiger partial charge is 0.272 e. The van der Waals surface area contributed by atoms with Crippen LogP contribution in [0.3, 0.4) is 0 Å². The Morgan fingerprint density at radius 1 is 1.55 bits per heavy atom. The van der Waals surface area contributed by atoms with E-state index in [2.05, 4.69) is 10.1 Å². The van der Waals surface area contributed by atoms with Crippen molar-refractivity contribution in [2.75, 3.05) is 6.54 Å². The van der Waals surface area contributed by atoms with Crippen LogP contribution in [-0.4, -0.2) is 38.5 Å². The number of alkyl halides is 2. The van der Waals surface area contributed by atoms with Gasteiger partial charge in [0.1, 0.15) is 12.2 Å². The van der Waals surface area contributed by atoms with Crippen molar-refractivity contribution in [2.24, 2.45) is 0 Å². The molecule has 2 aromatic heterocycles. The van der Waals surface area contributed by atoms with Gasteiger partial charge < -0.3 is 4.90 Å². The van der Waals surface area contributed by atoms with Gasteiger partial charge in [-0.25, -0.2) is 13.8 Å². The standard InChI is InChI=1S/C14H16F2N4OS/c1-9-18-10(8-22-9)11-3-2-6-19(11)14(21)12-4-5-17-20(12)7-13(15)16/h4-5,8,11,13H,2-3,6-7H2,1H3. The number of rotatable bonds is 4. The summed E-state index contributed by atoms with van der Waals surface area (Å²) in [5, 5.41) is 6.74. The summed E-state index contributed by atoms with van der Waals surface area (Å²) in [4.78, 5) is 18.9. The highest BCUT2D eigenvalue weighted by molar-refractivity contribution is 7.09. The molecule has 0 N–H and O–H groups in total. The molecule has 1 saturated heterocycles. The van der Waals surface area contributed by atoms with Crippen LogP contribution in [0.1, 0.15) is 40.1 Å². The van der Waals surface area contributed by atoms with Crippen molar-refractivity contribution in [3.8, 4) is 0 Å². The highest BCUT2D eigenvalue weighted by atomic mass is 32.1. The van der Waals surface area contributed by atoms with Gasteiger partial charge in [-0.1, -0.05) is 0 Å². The van der Waals surface area contributed by atoms with Crippen LogP contribution < -0.4 is 0 Å². The number of hydrogen-bond acceptors (Lipinski definition) is 4. The molecule has 0 bridgehead atoms. The maximum atomic E-state index is 12.7. The van der Waals surface area contributed by atoms with E-state index in [1.54, 1.807) is 16.2 Å². The van der Waals surface area contributed by atoms with Gasteiger partial charge in [0.15, 0.2) is 0 Å². The molecule has 118 valence electrons. The van der Waals surface area contributed by atoms with Crippen LogP contribution in [0, 0.1) is 6.92 Å². The van der Waals surface area contributed by atoms with Crippen molar-refractivity contribution >= 4 is 17.2 Å². The van der Waals surface area contributed by atoms with Crippen molar-refractivity contribution in [1.29, 1.82) is 0 Å². The molecule has 1 aliphatic heterocycles. The Morgan fingerprint density at radius 3 is 3.05 bits per heavy atom. The Labute approximate surface area is 130 Å². The molecule has 22 heavy (non-hydrogen) atoms. The number of hydrogen-bond donors (Lipinski definition) is 0. The van der Waals surface area contributed by atoms with E-state index in [1.165, 1.54) is 12.3 Å². The molecule has 0 radical (unpaired) electrons. The van der Waals surface area contributed by atoms with E-state index >= 15 is 0 Å². The molecular weight excluding hydrogens is 310 g/mol. The number of halogens is 2. The summed E-state index contributed by atoms with van der Waals surface area (Å²) in [7, 11) is 0. The average molecular weight is 326 g/mol. The SMILES string of the molecule is Cc1nc(C2CCCN2C(=O)c2ccnn2CC(F)F)cs1. The summed E-state index contributed by atoms with van der Waals surface area (Å²) in [5.74, 6) is -0.258. The molecule has 0 aliphatic carbocycles. The Morgan fingerprint density at radius 2 is 2.36 bits per heavy atom. The summed E-state index contributed by atoms with van der Waals surface area (Å²) >= 11 is 1.55. The van der Waals surface area contributed by atoms with Crippen LogP contribution in [0.15, 0.2) is 17.6 Å². The number of carbonyl (C=O) groups excluding carboxylic acids is 1. The van der Waals surface area contributed by atoms with E-state index < -0.39 is 13.0 Å². The molecule has 1 unspecified atom stereocenters. The number of thiazole rings is 1. The fourth-order valence-electron chi connectivity index (χ4n) is 2.79. The monoisotopic (exact) mass is 326 g/mol. The molecule has 1 aliphatic rings. The molecule has 5 nitrogen and oxygen atoms in total. The largest absolute Gasteiger partial charge is 0.329 e. The predicted octanol–water partition coefficient (Wildman–Crippen LogP) is 2.89. The van der Waals surface area contributed by atoms with Crippen LogP contribution >= 0.6 is 11.3 Å². The Bertz CT molecular complexity index is 669. The lowest BCUT2D eigenvalue weighted by atomic mass is 10.1. The van der Waals surface area contributed by atoms with E-state index in [4.69, 9.17) is 0 Å². The van der Waals surface area contributed by atoms with Gasteiger partial charge in [-0.2, -0.15) is 5.10 Å². The van der Waals surface area contributed by atoms with Gasteiger partial charge in [0.2, 0.25) is 0 Å². The molecular formula is C14H16F2N4OS. The van der Waals surface area contributed by atoms with Gasteiger partial charge in [0.05, 0.1) is 16.7 Å². The van der Waals surface area contributed by atoms with E-state index in [-0.39, 0.29) is 17.6 Å². The summed E-state index contributed by atoms with van der Waals surface area (Å²) in [6.07, 6.45) is 0.573. The number of carbonyl (C=O) groups is 1. The maximum Gasteiger partial charge on any atom is 0.272 e. The van der Waals surface area contributed by atoms with Crippen molar-refractivity contribution in [3.63, 3.8) is 0 Å². The zero-order valence-corrected chi connectivity index (χ0v) is 12.9. The lowest BCUT2D eigenvalue weighted by molar-refractivity contribution is 0.0708. The topological polar surface area (TPSA) is 51.0 Å². The van der Waals surface area contributed by atoms with Gasteiger partial charge in [0, 0.05) is 18.1 Å². The van der Waals surface area contributed by atoms with Crippen LogP contribution in [-0.2, 0) is 6.54 Å². The zero-order chi connectivity index (χ0) is 15.7. The Kier molecular flexibility index (Phi) is 4.19. The molecule has 3 heterocycles. The molecule has 0 aromatic carbocycles. The molecule has 3 rings (SSSR count). The van der Waals surface area contributed by atoms with E-state index in [0.29, 0.717) is 6.54 Å². The van der Waals surface area contributed by atoms with E-state index in [9.17, 15) is 13.6 Å². The predicted molar refractivity (Wildman–Crippen MR) is 78.1 cm³/mol. The van der Waals surface area contributed by atoms with Crippen LogP contribution in [0.25, 0.3) is 0 Å². The first-order valence-electron chi connectivity index (χ1n) is 7.09. The highest BCUT2D eigenvalue weighted by Crippen LogP contribution is 2.33. The molecule has 1 atom stereocenters. The van der Waals surface area contributed by atoms with Crippen LogP contribution in [0.5, 0.6) is 0 Å². The van der Waals surface area contributed by atoms with Crippen LogP contribution in [0.2, 0.25) is 0 Å². The third-order valence-electron chi connectivity index (χ3n) is 3.74. The van der Waals surface area contributed by atoms with E-state index in [0.717, 1.165) is 28.2 Å². The van der Waals surface area contributed by atoms with Gasteiger partial charge in [-0.05, 0) is 25.8 Å². The number of amides is 1. The van der Waals surface area contributed by atoms with E-state index in [1.807, 2.05) is 12.3 Å². The molecule has 1 fully saturated rings. The van der Waals surface area contributed by atoms with Crippen molar-refractivity contribution in [3.05, 3.63) is 34.0 Å². The first-order chi connectivity index (χ1) is 10.6. The molecule has 0 spiro atoms. The minimum absolute atomic E-state index is 0.0765. The fourth-order valence-corrected chi connectivity index (χ4v) is 3.45. The summed E-state index contributed by atoms with van der Waals surface area (Å²) in [6.45, 7) is 1.97. The van der Waals surface area contributed by atoms with Crippen molar-refractivity contribution in [2.45, 2.75) is 38.8 Å². The Balaban J connectivity index is 1.83. The Hall–Kier alpha value is -1.83. The first-order valence-corrected chi connectivity index (χ1v) is 7.97. The molecule has 2 aromatic rings. The lowest BCUT2D eigenvalue weighted by Crippen LogP contribution is -2.33. The van der Waals surface area contributed by atoms with Gasteiger partial charge in [-0.3, -0.25) is 9.48 Å². The third kappa shape index (κ3) is 2.87. The molecule has 8 heteroatoms. The second-order valence-corrected chi connectivity index (χ2v) is 6.30. The minimum atomic E-state index is -2.54. The summed E-state index contributed by atoms with van der Waals surface area (Å²) < 4.78 is 26.2. The summed E-state index contributed by atoms with van der Waals surface area (Å²) in [6, 6.07) is 1.42. The summed E-state index contributed by atoms with van der Waals surface area (Å²) in [5.41, 5.74) is 1.09. The van der Waals surface area contributed by atoms with Crippen LogP contribution in [0.4, 0.5) is 8.78 Å². The number of likely N-dealkylation sites (tertiary alicyclic amines) is 1. The average Bonchev–Trinajstić information content (AvgIpc) is 3.16. The lowest BCUT2D eigenvalue weighted by Gasteiger charge is -2.23. The zero-order valence-electron chi connectivity index (χ0n) is 12.1. The molecule has 0 saturated carbocycles. The third-order valence-corrected chi connectivity index (χ3v) is 4.53.